The molecule has 0 aliphatic carbocycles. The molecule has 1 aromatic carbocycles. The third-order valence-electron chi connectivity index (χ3n) is 4.83. The van der Waals surface area contributed by atoms with Crippen molar-refractivity contribution in [2.45, 2.75) is 46.0 Å². The number of furan rings is 1. The van der Waals surface area contributed by atoms with Gasteiger partial charge in [0.25, 0.3) is 5.91 Å². The molecule has 32 heavy (non-hydrogen) atoms. The van der Waals surface area contributed by atoms with Crippen LogP contribution in [0.4, 0.5) is 13.2 Å². The molecule has 0 aliphatic heterocycles. The van der Waals surface area contributed by atoms with Crippen LogP contribution in [0.5, 0.6) is 5.75 Å². The molecule has 0 saturated heterocycles. The van der Waals surface area contributed by atoms with Crippen molar-refractivity contribution < 1.29 is 27.1 Å². The molecule has 0 spiro atoms. The smallest absolute Gasteiger partial charge is 0.436 e. The van der Waals surface area contributed by atoms with E-state index in [0.29, 0.717) is 17.9 Å². The van der Waals surface area contributed by atoms with Crippen molar-refractivity contribution in [2.75, 3.05) is 6.54 Å². The molecule has 1 amide bonds. The van der Waals surface area contributed by atoms with Crippen LogP contribution in [0.3, 0.4) is 0 Å². The van der Waals surface area contributed by atoms with Crippen LogP contribution in [0.15, 0.2) is 40.8 Å². The number of hydrogen-bond acceptors (Lipinski definition) is 4. The Morgan fingerprint density at radius 3 is 2.56 bits per heavy atom. The fourth-order valence-electron chi connectivity index (χ4n) is 2.99. The third-order valence-corrected chi connectivity index (χ3v) is 5.28. The quantitative estimate of drug-likeness (QED) is 0.425. The second-order valence-corrected chi connectivity index (χ2v) is 7.51. The van der Waals surface area contributed by atoms with Crippen molar-refractivity contribution in [3.8, 4) is 5.75 Å². The predicted octanol–water partition coefficient (Wildman–Crippen LogP) is 5.42. The summed E-state index contributed by atoms with van der Waals surface area (Å²) in [4.78, 5) is 12.2. The van der Waals surface area contributed by atoms with E-state index in [1.165, 1.54) is 17.2 Å². The highest BCUT2D eigenvalue weighted by Gasteiger charge is 2.38. The first-order valence-corrected chi connectivity index (χ1v) is 10.5. The van der Waals surface area contributed by atoms with Gasteiger partial charge in [-0.3, -0.25) is 9.48 Å². The summed E-state index contributed by atoms with van der Waals surface area (Å²) in [5.41, 5.74) is 0.332. The van der Waals surface area contributed by atoms with Crippen molar-refractivity contribution in [3.63, 3.8) is 0 Å². The Balaban J connectivity index is 1.45. The summed E-state index contributed by atoms with van der Waals surface area (Å²) in [7, 11) is 0. The van der Waals surface area contributed by atoms with Crippen LogP contribution < -0.4 is 10.1 Å². The summed E-state index contributed by atoms with van der Waals surface area (Å²) in [6, 6.07) is 10.9. The maximum atomic E-state index is 12.9. The molecule has 2 heterocycles. The number of halogens is 4. The molecule has 172 valence electrons. The van der Waals surface area contributed by atoms with E-state index in [-0.39, 0.29) is 31.2 Å². The van der Waals surface area contributed by atoms with Gasteiger partial charge in [0, 0.05) is 13.1 Å². The monoisotopic (exact) mass is 469 g/mol. The topological polar surface area (TPSA) is 69.3 Å². The van der Waals surface area contributed by atoms with Crippen LogP contribution in [-0.4, -0.2) is 22.2 Å². The van der Waals surface area contributed by atoms with Gasteiger partial charge in [-0.2, -0.15) is 18.3 Å². The first kappa shape index (κ1) is 23.7. The van der Waals surface area contributed by atoms with Gasteiger partial charge in [-0.15, -0.1) is 0 Å². The molecular formula is C22H23ClF3N3O3. The Hall–Kier alpha value is -2.94. The number of ether oxygens (including phenoxy) is 1. The molecule has 0 aliphatic rings. The van der Waals surface area contributed by atoms with Crippen molar-refractivity contribution in [2.24, 2.45) is 0 Å². The normalized spacial score (nSPS) is 11.6. The van der Waals surface area contributed by atoms with Gasteiger partial charge >= 0.3 is 6.18 Å². The summed E-state index contributed by atoms with van der Waals surface area (Å²) >= 11 is 5.73. The van der Waals surface area contributed by atoms with Gasteiger partial charge in [-0.25, -0.2) is 0 Å². The summed E-state index contributed by atoms with van der Waals surface area (Å²) < 4.78 is 51.0. The number of hydrogen-bond donors (Lipinski definition) is 1. The number of nitrogens with zero attached hydrogens (tertiary/aromatic N) is 2. The van der Waals surface area contributed by atoms with Gasteiger partial charge in [0.1, 0.15) is 18.1 Å². The zero-order chi connectivity index (χ0) is 23.3. The minimum Gasteiger partial charge on any atom is -0.486 e. The number of amides is 1. The molecule has 2 aromatic heterocycles. The number of aryl methyl sites for hydroxylation is 2. The minimum atomic E-state index is -4.61. The van der Waals surface area contributed by atoms with Gasteiger partial charge in [0.05, 0.1) is 10.7 Å². The van der Waals surface area contributed by atoms with Crippen molar-refractivity contribution in [1.29, 1.82) is 0 Å². The second kappa shape index (κ2) is 10.1. The largest absolute Gasteiger partial charge is 0.486 e. The van der Waals surface area contributed by atoms with E-state index in [4.69, 9.17) is 20.8 Å². The molecule has 0 bridgehead atoms. The Bertz CT molecular complexity index is 1060. The lowest BCUT2D eigenvalue weighted by Gasteiger charge is -2.06. The number of benzene rings is 1. The van der Waals surface area contributed by atoms with E-state index < -0.39 is 22.8 Å². The number of carbonyl (C=O) groups excluding carboxylic acids is 1. The Kier molecular flexibility index (Phi) is 7.50. The summed E-state index contributed by atoms with van der Waals surface area (Å²) in [6.07, 6.45) is -3.30. The highest BCUT2D eigenvalue weighted by atomic mass is 35.5. The van der Waals surface area contributed by atoms with E-state index in [1.807, 2.05) is 24.3 Å². The van der Waals surface area contributed by atoms with Crippen LogP contribution in [-0.2, 0) is 25.7 Å². The second-order valence-electron chi connectivity index (χ2n) is 7.13. The van der Waals surface area contributed by atoms with Crippen LogP contribution in [0, 0.1) is 6.92 Å². The third kappa shape index (κ3) is 5.85. The fraction of sp³-hybridized carbons (Fsp3) is 0.364. The zero-order valence-electron chi connectivity index (χ0n) is 17.6. The van der Waals surface area contributed by atoms with Gasteiger partial charge in [-0.1, -0.05) is 30.7 Å². The Morgan fingerprint density at radius 2 is 1.94 bits per heavy atom. The Labute approximate surface area is 188 Å². The number of aromatic nitrogens is 2. The van der Waals surface area contributed by atoms with Crippen LogP contribution in [0.25, 0.3) is 0 Å². The lowest BCUT2D eigenvalue weighted by atomic mass is 10.2. The van der Waals surface area contributed by atoms with Gasteiger partial charge in [0.15, 0.2) is 11.5 Å². The first-order valence-electron chi connectivity index (χ1n) is 10.1. The summed E-state index contributed by atoms with van der Waals surface area (Å²) in [5.74, 6) is 0.904. The lowest BCUT2D eigenvalue weighted by Crippen LogP contribution is -2.25. The molecule has 0 fully saturated rings. The first-order chi connectivity index (χ1) is 15.2. The van der Waals surface area contributed by atoms with Crippen molar-refractivity contribution in [3.05, 3.63) is 69.9 Å². The standard InChI is InChI=1S/C22H23ClF3N3O3/c1-3-15-5-7-16(8-6-15)31-13-17-9-10-18(32-17)21(30)27-11-4-12-29-14(2)19(23)20(28-29)22(24,25)26/h5-10H,3-4,11-13H2,1-2H3,(H,27,30). The zero-order valence-corrected chi connectivity index (χ0v) is 18.4. The molecule has 0 atom stereocenters. The number of rotatable bonds is 9. The fourth-order valence-corrected chi connectivity index (χ4v) is 3.24. The number of carbonyl (C=O) groups is 1. The molecule has 3 rings (SSSR count). The average molecular weight is 470 g/mol. The highest BCUT2D eigenvalue weighted by molar-refractivity contribution is 6.31. The van der Waals surface area contributed by atoms with E-state index in [9.17, 15) is 18.0 Å². The van der Waals surface area contributed by atoms with Crippen molar-refractivity contribution in [1.82, 2.24) is 15.1 Å². The van der Waals surface area contributed by atoms with Gasteiger partial charge < -0.3 is 14.5 Å². The molecule has 10 heteroatoms. The average Bonchev–Trinajstić information content (AvgIpc) is 3.35. The Morgan fingerprint density at radius 1 is 1.22 bits per heavy atom. The SMILES string of the molecule is CCc1ccc(OCc2ccc(C(=O)NCCCn3nc(C(F)(F)F)c(Cl)c3C)o2)cc1. The van der Waals surface area contributed by atoms with Crippen molar-refractivity contribution >= 4 is 17.5 Å². The van der Waals surface area contributed by atoms with E-state index in [2.05, 4.69) is 17.3 Å². The molecule has 3 aromatic rings. The minimum absolute atomic E-state index is 0.127. The molecule has 0 radical (unpaired) electrons. The molecule has 0 saturated carbocycles. The number of alkyl halides is 3. The number of nitrogens with one attached hydrogen (secondary N) is 1. The maximum Gasteiger partial charge on any atom is 0.436 e. The highest BCUT2D eigenvalue weighted by Crippen LogP contribution is 2.35. The summed E-state index contributed by atoms with van der Waals surface area (Å²) in [5, 5.41) is 5.79. The van der Waals surface area contributed by atoms with Gasteiger partial charge in [0.2, 0.25) is 0 Å². The molecule has 6 nitrogen and oxygen atoms in total. The summed E-state index contributed by atoms with van der Waals surface area (Å²) in [6.45, 7) is 4.12. The van der Waals surface area contributed by atoms with Crippen LogP contribution in [0.2, 0.25) is 5.02 Å². The van der Waals surface area contributed by atoms with E-state index in [1.54, 1.807) is 12.1 Å². The van der Waals surface area contributed by atoms with Gasteiger partial charge in [-0.05, 0) is 49.6 Å². The van der Waals surface area contributed by atoms with Crippen LogP contribution in [0.1, 0.15) is 46.6 Å². The van der Waals surface area contributed by atoms with E-state index in [0.717, 1.165) is 6.42 Å². The van der Waals surface area contributed by atoms with Crippen LogP contribution >= 0.6 is 11.6 Å². The molecular weight excluding hydrogens is 447 g/mol. The predicted molar refractivity (Wildman–Crippen MR) is 113 cm³/mol. The van der Waals surface area contributed by atoms with E-state index >= 15 is 0 Å². The molecule has 1 N–H and O–H groups in total. The maximum absolute atomic E-state index is 12.9. The lowest BCUT2D eigenvalue weighted by molar-refractivity contribution is -0.141. The molecule has 0 unspecified atom stereocenters.